The molecule has 0 aliphatic carbocycles. The molecule has 0 atom stereocenters. The van der Waals surface area contributed by atoms with Gasteiger partial charge in [-0.2, -0.15) is 13.2 Å². The van der Waals surface area contributed by atoms with Gasteiger partial charge in [0.2, 0.25) is 5.88 Å². The Kier molecular flexibility index (Phi) is 5.42. The minimum absolute atomic E-state index is 0.0936. The van der Waals surface area contributed by atoms with Gasteiger partial charge in [0.1, 0.15) is 5.56 Å². The van der Waals surface area contributed by atoms with Crippen LogP contribution in [0.2, 0.25) is 5.02 Å². The maximum Gasteiger partial charge on any atom is 0.422 e. The van der Waals surface area contributed by atoms with Crippen molar-refractivity contribution in [3.63, 3.8) is 0 Å². The number of anilines is 1. The number of carbonyl (C=O) groups is 1. The summed E-state index contributed by atoms with van der Waals surface area (Å²) < 4.78 is 40.5. The van der Waals surface area contributed by atoms with Crippen LogP contribution < -0.4 is 10.1 Å². The molecule has 0 aliphatic rings. The molecule has 0 aliphatic heterocycles. The van der Waals surface area contributed by atoms with Gasteiger partial charge in [0.05, 0.1) is 16.8 Å². The third-order valence-corrected chi connectivity index (χ3v) is 3.01. The Bertz CT molecular complexity index is 797. The molecular weight excluding hydrogens is 367 g/mol. The van der Waals surface area contributed by atoms with E-state index in [2.05, 4.69) is 15.0 Å². The van der Waals surface area contributed by atoms with E-state index in [-0.39, 0.29) is 22.2 Å². The summed E-state index contributed by atoms with van der Waals surface area (Å²) in [6.45, 7) is -1.50. The number of ether oxygens (including phenoxy) is 1. The SMILES string of the molecule is O=C(Nc1ccc(OCC(F)(F)F)nc1)c1ccc(Cl)cc1[N+](=O)[O-]. The lowest BCUT2D eigenvalue weighted by atomic mass is 10.1. The number of hydrogen-bond donors (Lipinski definition) is 1. The quantitative estimate of drug-likeness (QED) is 0.633. The van der Waals surface area contributed by atoms with Gasteiger partial charge in [0.15, 0.2) is 6.61 Å². The summed E-state index contributed by atoms with van der Waals surface area (Å²) in [5.74, 6) is -1.08. The van der Waals surface area contributed by atoms with Crippen molar-refractivity contribution < 1.29 is 27.6 Å². The van der Waals surface area contributed by atoms with E-state index in [9.17, 15) is 28.1 Å². The molecule has 7 nitrogen and oxygen atoms in total. The fourth-order valence-electron chi connectivity index (χ4n) is 1.74. The van der Waals surface area contributed by atoms with E-state index in [1.807, 2.05) is 0 Å². The highest BCUT2D eigenvalue weighted by Gasteiger charge is 2.28. The van der Waals surface area contributed by atoms with Crippen molar-refractivity contribution in [1.82, 2.24) is 4.98 Å². The maximum atomic E-state index is 12.1. The Morgan fingerprint density at radius 1 is 1.32 bits per heavy atom. The molecule has 1 N–H and O–H groups in total. The van der Waals surface area contributed by atoms with Gasteiger partial charge in [-0.1, -0.05) is 11.6 Å². The summed E-state index contributed by atoms with van der Waals surface area (Å²) in [5.41, 5.74) is -0.594. The number of benzene rings is 1. The summed E-state index contributed by atoms with van der Waals surface area (Å²) in [5, 5.41) is 13.4. The number of nitrogens with zero attached hydrogens (tertiary/aromatic N) is 2. The summed E-state index contributed by atoms with van der Waals surface area (Å²) >= 11 is 5.66. The van der Waals surface area contributed by atoms with Gasteiger partial charge in [-0.15, -0.1) is 0 Å². The fourth-order valence-corrected chi connectivity index (χ4v) is 1.91. The van der Waals surface area contributed by atoms with Crippen LogP contribution >= 0.6 is 11.6 Å². The topological polar surface area (TPSA) is 94.4 Å². The number of nitro groups is 1. The number of rotatable bonds is 5. The van der Waals surface area contributed by atoms with E-state index in [4.69, 9.17) is 11.6 Å². The summed E-state index contributed by atoms with van der Waals surface area (Å²) in [7, 11) is 0. The zero-order valence-corrected chi connectivity index (χ0v) is 13.0. The average Bonchev–Trinajstić information content (AvgIpc) is 2.53. The average molecular weight is 376 g/mol. The number of nitrogens with one attached hydrogen (secondary N) is 1. The molecule has 1 aromatic carbocycles. The van der Waals surface area contributed by atoms with Crippen molar-refractivity contribution in [2.75, 3.05) is 11.9 Å². The molecule has 0 bridgehead atoms. The van der Waals surface area contributed by atoms with Crippen molar-refractivity contribution >= 4 is 28.9 Å². The number of halogens is 4. The zero-order valence-electron chi connectivity index (χ0n) is 12.2. The first-order chi connectivity index (χ1) is 11.7. The van der Waals surface area contributed by atoms with Crippen LogP contribution in [0.3, 0.4) is 0 Å². The molecular formula is C14H9ClF3N3O4. The molecule has 0 unspecified atom stereocenters. The van der Waals surface area contributed by atoms with E-state index in [1.54, 1.807) is 0 Å². The van der Waals surface area contributed by atoms with Crippen LogP contribution in [0.4, 0.5) is 24.5 Å². The van der Waals surface area contributed by atoms with Crippen molar-refractivity contribution in [3.05, 3.63) is 57.2 Å². The minimum atomic E-state index is -4.50. The number of alkyl halides is 3. The predicted octanol–water partition coefficient (Wildman–Crippen LogP) is 3.84. The van der Waals surface area contributed by atoms with Gasteiger partial charge in [0.25, 0.3) is 11.6 Å². The van der Waals surface area contributed by atoms with Crippen LogP contribution in [0.5, 0.6) is 5.88 Å². The smallest absolute Gasteiger partial charge is 0.422 e. The Morgan fingerprint density at radius 3 is 2.60 bits per heavy atom. The molecule has 0 saturated heterocycles. The Hall–Kier alpha value is -2.88. The van der Waals surface area contributed by atoms with Crippen molar-refractivity contribution in [3.8, 4) is 5.88 Å². The third-order valence-electron chi connectivity index (χ3n) is 2.78. The number of aromatic nitrogens is 1. The van der Waals surface area contributed by atoms with Gasteiger partial charge in [0, 0.05) is 17.2 Å². The van der Waals surface area contributed by atoms with E-state index in [0.29, 0.717) is 0 Å². The van der Waals surface area contributed by atoms with Crippen LogP contribution in [-0.2, 0) is 0 Å². The van der Waals surface area contributed by atoms with Gasteiger partial charge in [-0.25, -0.2) is 4.98 Å². The molecule has 0 radical (unpaired) electrons. The summed E-state index contributed by atoms with van der Waals surface area (Å²) in [4.78, 5) is 26.0. The summed E-state index contributed by atoms with van der Waals surface area (Å²) in [6, 6.07) is 5.90. The Balaban J connectivity index is 2.10. The summed E-state index contributed by atoms with van der Waals surface area (Å²) in [6.07, 6.45) is -3.44. The monoisotopic (exact) mass is 375 g/mol. The van der Waals surface area contributed by atoms with Gasteiger partial charge in [-0.05, 0) is 18.2 Å². The second kappa shape index (κ2) is 7.34. The largest absolute Gasteiger partial charge is 0.468 e. The van der Waals surface area contributed by atoms with Crippen LogP contribution in [0.1, 0.15) is 10.4 Å². The second-order valence-electron chi connectivity index (χ2n) is 4.66. The lowest BCUT2D eigenvalue weighted by Crippen LogP contribution is -2.19. The van der Waals surface area contributed by atoms with E-state index in [1.165, 1.54) is 18.2 Å². The van der Waals surface area contributed by atoms with Gasteiger partial charge in [-0.3, -0.25) is 14.9 Å². The molecule has 1 heterocycles. The van der Waals surface area contributed by atoms with E-state index >= 15 is 0 Å². The van der Waals surface area contributed by atoms with Gasteiger partial charge < -0.3 is 10.1 Å². The first-order valence-corrected chi connectivity index (χ1v) is 6.94. The lowest BCUT2D eigenvalue weighted by molar-refractivity contribution is -0.385. The van der Waals surface area contributed by atoms with Crippen LogP contribution in [0.15, 0.2) is 36.5 Å². The van der Waals surface area contributed by atoms with Crippen molar-refractivity contribution in [1.29, 1.82) is 0 Å². The lowest BCUT2D eigenvalue weighted by Gasteiger charge is -2.09. The highest BCUT2D eigenvalue weighted by atomic mass is 35.5. The Morgan fingerprint density at radius 2 is 2.04 bits per heavy atom. The number of amides is 1. The number of hydrogen-bond acceptors (Lipinski definition) is 5. The van der Waals surface area contributed by atoms with Gasteiger partial charge >= 0.3 is 6.18 Å². The van der Waals surface area contributed by atoms with Crippen LogP contribution in [0.25, 0.3) is 0 Å². The number of pyridine rings is 1. The highest BCUT2D eigenvalue weighted by Crippen LogP contribution is 2.24. The van der Waals surface area contributed by atoms with E-state index in [0.717, 1.165) is 18.3 Å². The normalized spacial score (nSPS) is 11.0. The maximum absolute atomic E-state index is 12.1. The first-order valence-electron chi connectivity index (χ1n) is 6.56. The molecule has 132 valence electrons. The van der Waals surface area contributed by atoms with Crippen molar-refractivity contribution in [2.24, 2.45) is 0 Å². The molecule has 2 rings (SSSR count). The third kappa shape index (κ3) is 5.31. The predicted molar refractivity (Wildman–Crippen MR) is 81.8 cm³/mol. The van der Waals surface area contributed by atoms with E-state index < -0.39 is 29.3 Å². The second-order valence-corrected chi connectivity index (χ2v) is 5.10. The molecule has 0 fully saturated rings. The molecule has 11 heteroatoms. The Labute approximate surface area is 143 Å². The number of carbonyl (C=O) groups excluding carboxylic acids is 1. The first kappa shape index (κ1) is 18.5. The molecule has 1 aromatic heterocycles. The van der Waals surface area contributed by atoms with Crippen LogP contribution in [0, 0.1) is 10.1 Å². The van der Waals surface area contributed by atoms with Crippen molar-refractivity contribution in [2.45, 2.75) is 6.18 Å². The molecule has 2 aromatic rings. The fraction of sp³-hybridized carbons (Fsp3) is 0.143. The van der Waals surface area contributed by atoms with Crippen LogP contribution in [-0.4, -0.2) is 28.6 Å². The highest BCUT2D eigenvalue weighted by molar-refractivity contribution is 6.31. The molecule has 25 heavy (non-hydrogen) atoms. The molecule has 1 amide bonds. The standard InChI is InChI=1S/C14H9ClF3N3O4/c15-8-1-3-10(11(5-8)21(23)24)13(22)20-9-2-4-12(19-6-9)25-7-14(16,17)18/h1-6H,7H2,(H,20,22). The minimum Gasteiger partial charge on any atom is -0.468 e. The zero-order chi connectivity index (χ0) is 18.6. The molecule has 0 spiro atoms. The number of nitro benzene ring substituents is 1. The molecule has 0 saturated carbocycles.